The van der Waals surface area contributed by atoms with Crippen LogP contribution < -0.4 is 10.1 Å². The number of anilines is 1. The number of imidazole rings is 1. The zero-order valence-electron chi connectivity index (χ0n) is 14.6. The first-order valence-corrected chi connectivity index (χ1v) is 9.45. The summed E-state index contributed by atoms with van der Waals surface area (Å²) in [5, 5.41) is 10.8. The van der Waals surface area contributed by atoms with Gasteiger partial charge in [-0.2, -0.15) is 0 Å². The van der Waals surface area contributed by atoms with Gasteiger partial charge in [-0.1, -0.05) is 35.5 Å². The van der Waals surface area contributed by atoms with Gasteiger partial charge in [0, 0.05) is 5.02 Å². The topological polar surface area (TPSA) is 84.3 Å². The van der Waals surface area contributed by atoms with Gasteiger partial charge in [0.15, 0.2) is 5.16 Å². The average Bonchev–Trinajstić information content (AvgIpc) is 3.21. The lowest BCUT2D eigenvalue weighted by Crippen LogP contribution is -2.23. The maximum absolute atomic E-state index is 12.7. The third kappa shape index (κ3) is 3.33. The zero-order chi connectivity index (χ0) is 19.0. The predicted octanol–water partition coefficient (Wildman–Crippen LogP) is 3.99. The molecule has 0 saturated carbocycles. The summed E-state index contributed by atoms with van der Waals surface area (Å²) < 4.78 is 7.18. The summed E-state index contributed by atoms with van der Waals surface area (Å²) in [6, 6.07) is 12.9. The smallest absolute Gasteiger partial charge is 0.237 e. The summed E-state index contributed by atoms with van der Waals surface area (Å²) in [4.78, 5) is 17.2. The van der Waals surface area contributed by atoms with Crippen molar-refractivity contribution in [2.45, 2.75) is 17.3 Å². The number of carbonyl (C=O) groups excluding carboxylic acids is 1. The quantitative estimate of drug-likeness (QED) is 0.494. The summed E-state index contributed by atoms with van der Waals surface area (Å²) in [7, 11) is 1.54. The Hall–Kier alpha value is -2.71. The number of hydrogen-bond donors (Lipinski definition) is 2. The molecule has 2 aromatic carbocycles. The molecule has 0 saturated heterocycles. The van der Waals surface area contributed by atoms with Crippen LogP contribution in [0.25, 0.3) is 16.8 Å². The fraction of sp³-hybridized carbons (Fsp3) is 0.167. The summed E-state index contributed by atoms with van der Waals surface area (Å²) in [5.74, 6) is 1.01. The minimum absolute atomic E-state index is 0.180. The molecule has 0 aliphatic carbocycles. The Bertz CT molecular complexity index is 1140. The number of halogens is 1. The number of aromatic amines is 1. The third-order valence-electron chi connectivity index (χ3n) is 4.07. The minimum Gasteiger partial charge on any atom is -0.495 e. The molecular formula is C18H16ClN5O2S. The van der Waals surface area contributed by atoms with E-state index in [-0.39, 0.29) is 5.91 Å². The molecule has 0 fully saturated rings. The van der Waals surface area contributed by atoms with Gasteiger partial charge in [-0.15, -0.1) is 5.10 Å². The van der Waals surface area contributed by atoms with Gasteiger partial charge in [-0.25, -0.2) is 10.1 Å². The van der Waals surface area contributed by atoms with Crippen molar-refractivity contribution in [3.05, 3.63) is 47.5 Å². The van der Waals surface area contributed by atoms with Crippen LogP contribution >= 0.6 is 23.4 Å². The van der Waals surface area contributed by atoms with Crippen molar-refractivity contribution >= 4 is 51.8 Å². The van der Waals surface area contributed by atoms with Crippen molar-refractivity contribution in [1.29, 1.82) is 0 Å². The predicted molar refractivity (Wildman–Crippen MR) is 107 cm³/mol. The highest BCUT2D eigenvalue weighted by Crippen LogP contribution is 2.30. The molecule has 0 bridgehead atoms. The Balaban J connectivity index is 1.57. The van der Waals surface area contributed by atoms with Crippen molar-refractivity contribution in [3.63, 3.8) is 0 Å². The van der Waals surface area contributed by atoms with Crippen molar-refractivity contribution in [1.82, 2.24) is 19.6 Å². The van der Waals surface area contributed by atoms with Crippen LogP contribution in [-0.4, -0.2) is 37.8 Å². The molecular weight excluding hydrogens is 386 g/mol. The summed E-state index contributed by atoms with van der Waals surface area (Å²) in [6.45, 7) is 1.82. The Morgan fingerprint density at radius 1 is 1.33 bits per heavy atom. The number of thioether (sulfide) groups is 1. The number of benzene rings is 2. The molecule has 7 nitrogen and oxygen atoms in total. The molecule has 1 atom stereocenters. The van der Waals surface area contributed by atoms with Gasteiger partial charge in [-0.3, -0.25) is 9.20 Å². The molecule has 0 aliphatic heterocycles. The van der Waals surface area contributed by atoms with Crippen LogP contribution in [0.3, 0.4) is 0 Å². The highest BCUT2D eigenvalue weighted by molar-refractivity contribution is 8.00. The van der Waals surface area contributed by atoms with E-state index in [1.807, 2.05) is 35.6 Å². The molecule has 0 spiro atoms. The molecule has 9 heteroatoms. The summed E-state index contributed by atoms with van der Waals surface area (Å²) in [6.07, 6.45) is 0. The van der Waals surface area contributed by atoms with E-state index in [1.54, 1.807) is 25.3 Å². The molecule has 27 heavy (non-hydrogen) atoms. The number of nitrogens with one attached hydrogen (secondary N) is 2. The number of amides is 1. The van der Waals surface area contributed by atoms with Crippen LogP contribution in [0.1, 0.15) is 6.92 Å². The van der Waals surface area contributed by atoms with E-state index in [9.17, 15) is 4.79 Å². The number of carbonyl (C=O) groups is 1. The van der Waals surface area contributed by atoms with Crippen molar-refractivity contribution < 1.29 is 9.53 Å². The first-order chi connectivity index (χ1) is 13.1. The number of ether oxygens (including phenoxy) is 1. The third-order valence-corrected chi connectivity index (χ3v) is 5.36. The second kappa shape index (κ2) is 7.13. The van der Waals surface area contributed by atoms with Gasteiger partial charge in [0.1, 0.15) is 5.75 Å². The van der Waals surface area contributed by atoms with Crippen LogP contribution in [0.4, 0.5) is 5.69 Å². The molecule has 4 rings (SSSR count). The summed E-state index contributed by atoms with van der Waals surface area (Å²) in [5.41, 5.74) is 2.34. The van der Waals surface area contributed by atoms with Crippen LogP contribution in [-0.2, 0) is 4.79 Å². The summed E-state index contributed by atoms with van der Waals surface area (Å²) >= 11 is 7.36. The van der Waals surface area contributed by atoms with Crippen molar-refractivity contribution in [2.75, 3.05) is 12.4 Å². The van der Waals surface area contributed by atoms with E-state index in [0.717, 1.165) is 11.0 Å². The van der Waals surface area contributed by atoms with E-state index in [0.29, 0.717) is 27.4 Å². The fourth-order valence-electron chi connectivity index (χ4n) is 2.75. The lowest BCUT2D eigenvalue weighted by Gasteiger charge is -2.13. The van der Waals surface area contributed by atoms with Gasteiger partial charge >= 0.3 is 0 Å². The van der Waals surface area contributed by atoms with Gasteiger partial charge in [0.05, 0.1) is 29.1 Å². The highest BCUT2D eigenvalue weighted by atomic mass is 35.5. The van der Waals surface area contributed by atoms with Crippen molar-refractivity contribution in [3.8, 4) is 5.75 Å². The first-order valence-electron chi connectivity index (χ1n) is 8.19. The standard InChI is InChI=1S/C18H16ClN5O2S/c1-10(16(25)20-13-9-11(19)7-8-15(13)26-2)27-18-23-22-17-21-12-5-3-4-6-14(12)24(17)18/h3-10H,1-2H3,(H,20,25)(H,21,22)/t10-/m0/s1. The normalized spacial score (nSPS) is 12.4. The fourth-order valence-corrected chi connectivity index (χ4v) is 3.79. The minimum atomic E-state index is -0.402. The largest absolute Gasteiger partial charge is 0.495 e. The molecule has 2 heterocycles. The van der Waals surface area contributed by atoms with Gasteiger partial charge in [0.2, 0.25) is 11.7 Å². The number of nitrogens with zero attached hydrogens (tertiary/aromatic N) is 3. The number of hydrogen-bond acceptors (Lipinski definition) is 5. The number of fused-ring (bicyclic) bond motifs is 3. The second-order valence-corrected chi connectivity index (χ2v) is 7.60. The lowest BCUT2D eigenvalue weighted by molar-refractivity contribution is -0.115. The average molecular weight is 402 g/mol. The van der Waals surface area contributed by atoms with E-state index in [1.165, 1.54) is 11.8 Å². The van der Waals surface area contributed by atoms with Gasteiger partial charge < -0.3 is 10.1 Å². The lowest BCUT2D eigenvalue weighted by atomic mass is 10.3. The number of rotatable bonds is 5. The van der Waals surface area contributed by atoms with Gasteiger partial charge in [-0.05, 0) is 37.3 Å². The van der Waals surface area contributed by atoms with Crippen LogP contribution in [0.15, 0.2) is 47.6 Å². The Labute approximate surface area is 164 Å². The molecule has 0 radical (unpaired) electrons. The molecule has 0 aliphatic rings. The van der Waals surface area contributed by atoms with Gasteiger partial charge in [0.25, 0.3) is 0 Å². The van der Waals surface area contributed by atoms with E-state index < -0.39 is 5.25 Å². The maximum Gasteiger partial charge on any atom is 0.237 e. The SMILES string of the molecule is COc1ccc(Cl)cc1NC(=O)[C@H](C)Sc1n[nH]c2nc3ccccc3n12. The molecule has 2 N–H and O–H groups in total. The first kappa shape index (κ1) is 17.7. The Morgan fingerprint density at radius 3 is 2.96 bits per heavy atom. The van der Waals surface area contributed by atoms with Crippen LogP contribution in [0.5, 0.6) is 5.75 Å². The second-order valence-electron chi connectivity index (χ2n) is 5.86. The molecule has 2 aromatic heterocycles. The van der Waals surface area contributed by atoms with Crippen molar-refractivity contribution in [2.24, 2.45) is 0 Å². The number of aromatic nitrogens is 4. The maximum atomic E-state index is 12.7. The Kier molecular flexibility index (Phi) is 4.67. The molecule has 138 valence electrons. The van der Waals surface area contributed by atoms with E-state index in [4.69, 9.17) is 16.3 Å². The molecule has 0 unspecified atom stereocenters. The van der Waals surface area contributed by atoms with Crippen LogP contribution in [0.2, 0.25) is 5.02 Å². The number of methoxy groups -OCH3 is 1. The highest BCUT2D eigenvalue weighted by Gasteiger charge is 2.20. The molecule has 4 aromatic rings. The zero-order valence-corrected chi connectivity index (χ0v) is 16.1. The number of para-hydroxylation sites is 2. The Morgan fingerprint density at radius 2 is 2.15 bits per heavy atom. The number of H-pyrrole nitrogens is 1. The van der Waals surface area contributed by atoms with E-state index >= 15 is 0 Å². The van der Waals surface area contributed by atoms with E-state index in [2.05, 4.69) is 20.5 Å². The monoisotopic (exact) mass is 401 g/mol. The van der Waals surface area contributed by atoms with Crippen LogP contribution in [0, 0.1) is 0 Å². The molecule has 1 amide bonds.